The number of carbonyl (C=O) groups is 1. The van der Waals surface area contributed by atoms with Gasteiger partial charge < -0.3 is 5.32 Å². The van der Waals surface area contributed by atoms with E-state index < -0.39 is 0 Å². The van der Waals surface area contributed by atoms with E-state index in [1.807, 2.05) is 38.1 Å². The number of benzene rings is 1. The molecule has 1 N–H and O–H groups in total. The Balaban J connectivity index is 1.85. The molecule has 1 aromatic heterocycles. The number of hydrogen-bond acceptors (Lipinski definition) is 5. The highest BCUT2D eigenvalue weighted by Gasteiger charge is 2.06. The lowest BCUT2D eigenvalue weighted by molar-refractivity contribution is -0.113. The Bertz CT molecular complexity index is 554. The molecule has 0 aliphatic carbocycles. The van der Waals surface area contributed by atoms with Crippen LogP contribution in [0.15, 0.2) is 28.6 Å². The first kappa shape index (κ1) is 13.0. The van der Waals surface area contributed by atoms with E-state index in [9.17, 15) is 4.79 Å². The van der Waals surface area contributed by atoms with Crippen LogP contribution in [0.1, 0.15) is 10.6 Å². The number of nitrogens with zero attached hydrogens (tertiary/aromatic N) is 2. The van der Waals surface area contributed by atoms with Crippen molar-refractivity contribution in [1.29, 1.82) is 0 Å². The van der Waals surface area contributed by atoms with E-state index in [-0.39, 0.29) is 5.91 Å². The van der Waals surface area contributed by atoms with Gasteiger partial charge in [0.15, 0.2) is 4.34 Å². The molecule has 0 unspecified atom stereocenters. The Labute approximate surface area is 114 Å². The molecule has 0 aliphatic rings. The van der Waals surface area contributed by atoms with Crippen LogP contribution in [-0.2, 0) is 4.79 Å². The third-order valence-corrected chi connectivity index (χ3v) is 4.11. The first-order valence-electron chi connectivity index (χ1n) is 5.43. The Morgan fingerprint density at radius 1 is 1.39 bits per heavy atom. The minimum absolute atomic E-state index is 0.0292. The van der Waals surface area contributed by atoms with Gasteiger partial charge in [0, 0.05) is 5.69 Å². The average Bonchev–Trinajstić information content (AvgIpc) is 2.73. The zero-order chi connectivity index (χ0) is 13.0. The van der Waals surface area contributed by atoms with Gasteiger partial charge in [0.2, 0.25) is 5.91 Å². The number of rotatable bonds is 4. The minimum Gasteiger partial charge on any atom is -0.325 e. The van der Waals surface area contributed by atoms with E-state index in [1.165, 1.54) is 23.1 Å². The van der Waals surface area contributed by atoms with E-state index in [0.29, 0.717) is 5.75 Å². The monoisotopic (exact) mass is 279 g/mol. The predicted molar refractivity (Wildman–Crippen MR) is 75.2 cm³/mol. The van der Waals surface area contributed by atoms with Crippen molar-refractivity contribution in [3.8, 4) is 0 Å². The molecule has 0 radical (unpaired) electrons. The molecule has 1 aromatic carbocycles. The molecule has 4 nitrogen and oxygen atoms in total. The number of thioether (sulfide) groups is 1. The summed E-state index contributed by atoms with van der Waals surface area (Å²) < 4.78 is 0.826. The molecule has 0 bridgehead atoms. The second kappa shape index (κ2) is 5.97. The zero-order valence-corrected chi connectivity index (χ0v) is 11.8. The molecule has 1 heterocycles. The molecule has 0 fully saturated rings. The zero-order valence-electron chi connectivity index (χ0n) is 10.1. The fourth-order valence-corrected chi connectivity index (χ4v) is 3.00. The fraction of sp³-hybridized carbons (Fsp3) is 0.250. The van der Waals surface area contributed by atoms with E-state index in [1.54, 1.807) is 0 Å². The largest absolute Gasteiger partial charge is 0.325 e. The van der Waals surface area contributed by atoms with Gasteiger partial charge in [-0.2, -0.15) is 0 Å². The number of nitrogens with one attached hydrogen (secondary N) is 1. The maximum absolute atomic E-state index is 11.7. The summed E-state index contributed by atoms with van der Waals surface area (Å²) in [5.41, 5.74) is 1.95. The number of anilines is 1. The van der Waals surface area contributed by atoms with E-state index in [2.05, 4.69) is 15.5 Å². The summed E-state index contributed by atoms with van der Waals surface area (Å²) in [6.07, 6.45) is 0. The predicted octanol–water partition coefficient (Wildman–Crippen LogP) is 2.89. The highest BCUT2D eigenvalue weighted by Crippen LogP contribution is 2.21. The van der Waals surface area contributed by atoms with E-state index in [4.69, 9.17) is 0 Å². The fourth-order valence-electron chi connectivity index (χ4n) is 1.38. The van der Waals surface area contributed by atoms with Gasteiger partial charge in [0.05, 0.1) is 5.75 Å². The lowest BCUT2D eigenvalue weighted by Crippen LogP contribution is -2.13. The van der Waals surface area contributed by atoms with Crippen LogP contribution >= 0.6 is 23.1 Å². The number of amides is 1. The van der Waals surface area contributed by atoms with Crippen LogP contribution in [0.5, 0.6) is 0 Å². The maximum Gasteiger partial charge on any atom is 0.234 e. The van der Waals surface area contributed by atoms with Crippen LogP contribution in [0.2, 0.25) is 0 Å². The van der Waals surface area contributed by atoms with Crippen molar-refractivity contribution in [3.63, 3.8) is 0 Å². The Morgan fingerprint density at radius 3 is 2.89 bits per heavy atom. The molecule has 0 atom stereocenters. The number of carbonyl (C=O) groups excluding carboxylic acids is 1. The lowest BCUT2D eigenvalue weighted by Gasteiger charge is -2.04. The van der Waals surface area contributed by atoms with Gasteiger partial charge in [-0.25, -0.2) is 0 Å². The van der Waals surface area contributed by atoms with Crippen LogP contribution in [0.3, 0.4) is 0 Å². The molecule has 18 heavy (non-hydrogen) atoms. The van der Waals surface area contributed by atoms with Gasteiger partial charge in [-0.1, -0.05) is 35.2 Å². The highest BCUT2D eigenvalue weighted by atomic mass is 32.2. The van der Waals surface area contributed by atoms with Gasteiger partial charge in [-0.3, -0.25) is 4.79 Å². The standard InChI is InChI=1S/C12H13N3OS2/c1-8-4-3-5-10(6-8)13-11(16)7-17-12-15-14-9(2)18-12/h3-6H,7H2,1-2H3,(H,13,16). The van der Waals surface area contributed by atoms with Crippen LogP contribution in [0, 0.1) is 13.8 Å². The summed E-state index contributed by atoms with van der Waals surface area (Å²) in [6.45, 7) is 3.89. The normalized spacial score (nSPS) is 10.3. The smallest absolute Gasteiger partial charge is 0.234 e. The van der Waals surface area contributed by atoms with E-state index in [0.717, 1.165) is 20.6 Å². The summed E-state index contributed by atoms with van der Waals surface area (Å²) >= 11 is 2.90. The van der Waals surface area contributed by atoms with Crippen molar-refractivity contribution in [2.75, 3.05) is 11.1 Å². The van der Waals surface area contributed by atoms with Crippen LogP contribution < -0.4 is 5.32 Å². The van der Waals surface area contributed by atoms with Crippen molar-refractivity contribution in [2.45, 2.75) is 18.2 Å². The third-order valence-electron chi connectivity index (χ3n) is 2.14. The second-order valence-electron chi connectivity index (χ2n) is 3.79. The van der Waals surface area contributed by atoms with Gasteiger partial charge in [-0.05, 0) is 31.5 Å². The van der Waals surface area contributed by atoms with Crippen molar-refractivity contribution in [1.82, 2.24) is 10.2 Å². The van der Waals surface area contributed by atoms with Gasteiger partial charge >= 0.3 is 0 Å². The molecule has 2 rings (SSSR count). The Hall–Kier alpha value is -1.40. The summed E-state index contributed by atoms with van der Waals surface area (Å²) in [4.78, 5) is 11.7. The molecule has 0 saturated heterocycles. The Morgan fingerprint density at radius 2 is 2.22 bits per heavy atom. The molecule has 1 amide bonds. The molecule has 94 valence electrons. The number of hydrogen-bond donors (Lipinski definition) is 1. The van der Waals surface area contributed by atoms with Crippen LogP contribution in [0.25, 0.3) is 0 Å². The van der Waals surface area contributed by atoms with Crippen LogP contribution in [-0.4, -0.2) is 21.9 Å². The van der Waals surface area contributed by atoms with Crippen LogP contribution in [0.4, 0.5) is 5.69 Å². The Kier molecular flexibility index (Phi) is 4.33. The second-order valence-corrected chi connectivity index (χ2v) is 6.20. The number of aryl methyl sites for hydroxylation is 2. The van der Waals surface area contributed by atoms with Crippen molar-refractivity contribution in [2.24, 2.45) is 0 Å². The van der Waals surface area contributed by atoms with Crippen molar-refractivity contribution in [3.05, 3.63) is 34.8 Å². The SMILES string of the molecule is Cc1cccc(NC(=O)CSc2nnc(C)s2)c1. The number of aromatic nitrogens is 2. The van der Waals surface area contributed by atoms with Gasteiger partial charge in [0.25, 0.3) is 0 Å². The molecule has 0 aliphatic heterocycles. The van der Waals surface area contributed by atoms with Gasteiger partial charge in [0.1, 0.15) is 5.01 Å². The topological polar surface area (TPSA) is 54.9 Å². The quantitative estimate of drug-likeness (QED) is 0.874. The first-order chi connectivity index (χ1) is 8.63. The molecular weight excluding hydrogens is 266 g/mol. The summed E-state index contributed by atoms with van der Waals surface area (Å²) in [5.74, 6) is 0.321. The lowest BCUT2D eigenvalue weighted by atomic mass is 10.2. The molecular formula is C12H13N3OS2. The van der Waals surface area contributed by atoms with E-state index >= 15 is 0 Å². The average molecular weight is 279 g/mol. The molecule has 0 spiro atoms. The summed E-state index contributed by atoms with van der Waals surface area (Å²) in [7, 11) is 0. The minimum atomic E-state index is -0.0292. The molecule has 0 saturated carbocycles. The third kappa shape index (κ3) is 3.82. The first-order valence-corrected chi connectivity index (χ1v) is 7.23. The van der Waals surface area contributed by atoms with Crippen molar-refractivity contribution >= 4 is 34.7 Å². The maximum atomic E-state index is 11.7. The van der Waals surface area contributed by atoms with Gasteiger partial charge in [-0.15, -0.1) is 10.2 Å². The molecule has 6 heteroatoms. The molecule has 2 aromatic rings. The summed E-state index contributed by atoms with van der Waals surface area (Å²) in [5, 5.41) is 11.6. The van der Waals surface area contributed by atoms with Crippen molar-refractivity contribution < 1.29 is 4.79 Å². The highest BCUT2D eigenvalue weighted by molar-refractivity contribution is 8.01. The summed E-state index contributed by atoms with van der Waals surface area (Å²) in [6, 6.07) is 7.74.